The van der Waals surface area contributed by atoms with Crippen LogP contribution in [0.2, 0.25) is 10.0 Å². The van der Waals surface area contributed by atoms with E-state index in [1.165, 1.54) is 18.2 Å². The second kappa shape index (κ2) is 8.37. The molecule has 29 heavy (non-hydrogen) atoms. The molecule has 148 valence electrons. The minimum atomic E-state index is -0.540. The maximum absolute atomic E-state index is 13.3. The van der Waals surface area contributed by atoms with Gasteiger partial charge in [0.25, 0.3) is 0 Å². The molecule has 8 heteroatoms. The van der Waals surface area contributed by atoms with Crippen LogP contribution in [-0.4, -0.2) is 9.55 Å². The summed E-state index contributed by atoms with van der Waals surface area (Å²) in [7, 11) is 0. The van der Waals surface area contributed by atoms with Crippen molar-refractivity contribution in [1.82, 2.24) is 9.55 Å². The number of aromatic nitrogens is 2. The van der Waals surface area contributed by atoms with Crippen LogP contribution in [0.5, 0.6) is 0 Å². The van der Waals surface area contributed by atoms with E-state index in [0.29, 0.717) is 22.5 Å². The van der Waals surface area contributed by atoms with E-state index < -0.39 is 11.7 Å². The third-order valence-electron chi connectivity index (χ3n) is 4.44. The van der Waals surface area contributed by atoms with Crippen LogP contribution in [0, 0.1) is 5.82 Å². The molecule has 0 radical (unpaired) electrons. The number of nitrogens with zero attached hydrogens (tertiary/aromatic N) is 2. The number of benzene rings is 2. The molecule has 0 N–H and O–H groups in total. The van der Waals surface area contributed by atoms with Gasteiger partial charge in [-0.25, -0.2) is 14.2 Å². The molecule has 2 aromatic carbocycles. The summed E-state index contributed by atoms with van der Waals surface area (Å²) in [5.74, 6) is -0.334. The van der Waals surface area contributed by atoms with Crippen molar-refractivity contribution in [3.63, 3.8) is 0 Å². The molecule has 4 aromatic rings. The third kappa shape index (κ3) is 4.50. The minimum Gasteiger partial charge on any atom is -0.421 e. The van der Waals surface area contributed by atoms with E-state index in [9.17, 15) is 9.18 Å². The molecule has 0 saturated heterocycles. The van der Waals surface area contributed by atoms with Crippen molar-refractivity contribution in [3.8, 4) is 0 Å². The second-order valence-electron chi connectivity index (χ2n) is 6.48. The fraction of sp³-hybridized carbons (Fsp3) is 0.143. The van der Waals surface area contributed by atoms with E-state index in [4.69, 9.17) is 32.4 Å². The number of ether oxygens (including phenoxy) is 1. The Morgan fingerprint density at radius 1 is 1.17 bits per heavy atom. The van der Waals surface area contributed by atoms with Crippen LogP contribution in [0.4, 0.5) is 4.39 Å². The third-order valence-corrected chi connectivity index (χ3v) is 4.94. The average Bonchev–Trinajstić information content (AvgIpc) is 3.20. The predicted octanol–water partition coefficient (Wildman–Crippen LogP) is 5.39. The summed E-state index contributed by atoms with van der Waals surface area (Å²) in [4.78, 5) is 16.4. The Labute approximate surface area is 175 Å². The summed E-state index contributed by atoms with van der Waals surface area (Å²) in [5, 5.41) is 1.31. The normalized spacial score (nSPS) is 12.4. The molecular weight excluding hydrogens is 418 g/mol. The van der Waals surface area contributed by atoms with Crippen molar-refractivity contribution in [2.45, 2.75) is 19.3 Å². The average molecular weight is 433 g/mol. The first kappa shape index (κ1) is 19.6. The van der Waals surface area contributed by atoms with Gasteiger partial charge in [0.05, 0.1) is 30.1 Å². The number of imidazole rings is 1. The number of halogens is 3. The van der Waals surface area contributed by atoms with E-state index in [1.54, 1.807) is 43.0 Å². The van der Waals surface area contributed by atoms with Gasteiger partial charge in [-0.05, 0) is 35.9 Å². The molecule has 4 rings (SSSR count). The highest BCUT2D eigenvalue weighted by molar-refractivity contribution is 6.38. The zero-order valence-electron chi connectivity index (χ0n) is 15.0. The van der Waals surface area contributed by atoms with Crippen molar-refractivity contribution in [3.05, 3.63) is 98.6 Å². The zero-order chi connectivity index (χ0) is 20.4. The minimum absolute atomic E-state index is 0.000847. The standard InChI is InChI=1S/C21H15Cl2FN2O3/c22-16-8-14-7-15(21(27)29-20(14)18(23)9-16)11-28-19(10-26-6-5-25-12-26)13-1-3-17(24)4-2-13/h1-9,12,19H,10-11H2. The van der Waals surface area contributed by atoms with Crippen molar-refractivity contribution in [2.24, 2.45) is 0 Å². The molecule has 2 heterocycles. The molecular formula is C21H15Cl2FN2O3. The van der Waals surface area contributed by atoms with Crippen LogP contribution in [-0.2, 0) is 17.9 Å². The Hall–Kier alpha value is -2.67. The topological polar surface area (TPSA) is 57.3 Å². The maximum atomic E-state index is 13.3. The number of hydrogen-bond acceptors (Lipinski definition) is 4. The molecule has 5 nitrogen and oxygen atoms in total. The first-order chi connectivity index (χ1) is 14.0. The van der Waals surface area contributed by atoms with E-state index in [2.05, 4.69) is 4.98 Å². The molecule has 0 aliphatic carbocycles. The highest BCUT2D eigenvalue weighted by Gasteiger charge is 2.16. The molecule has 1 unspecified atom stereocenters. The quantitative estimate of drug-likeness (QED) is 0.383. The maximum Gasteiger partial charge on any atom is 0.341 e. The largest absolute Gasteiger partial charge is 0.421 e. The molecule has 2 aromatic heterocycles. The van der Waals surface area contributed by atoms with Crippen molar-refractivity contribution in [2.75, 3.05) is 0 Å². The Morgan fingerprint density at radius 2 is 1.97 bits per heavy atom. The predicted molar refractivity (Wildman–Crippen MR) is 109 cm³/mol. The van der Waals surface area contributed by atoms with Gasteiger partial charge >= 0.3 is 5.63 Å². The Balaban J connectivity index is 1.62. The van der Waals surface area contributed by atoms with Gasteiger partial charge in [0.15, 0.2) is 5.58 Å². The highest BCUT2D eigenvalue weighted by atomic mass is 35.5. The lowest BCUT2D eigenvalue weighted by Gasteiger charge is -2.19. The SMILES string of the molecule is O=c1oc2c(Cl)cc(Cl)cc2cc1COC(Cn1ccnc1)c1ccc(F)cc1. The van der Waals surface area contributed by atoms with Gasteiger partial charge in [0.1, 0.15) is 11.9 Å². The highest BCUT2D eigenvalue weighted by Crippen LogP contribution is 2.28. The first-order valence-electron chi connectivity index (χ1n) is 8.74. The van der Waals surface area contributed by atoms with E-state index in [1.807, 2.05) is 4.57 Å². The number of hydrogen-bond donors (Lipinski definition) is 0. The molecule has 0 saturated carbocycles. The molecule has 0 amide bonds. The summed E-state index contributed by atoms with van der Waals surface area (Å²) in [6, 6.07) is 10.9. The molecule has 0 bridgehead atoms. The summed E-state index contributed by atoms with van der Waals surface area (Å²) in [6.45, 7) is 0.446. The van der Waals surface area contributed by atoms with E-state index >= 15 is 0 Å². The summed E-state index contributed by atoms with van der Waals surface area (Å²) < 4.78 is 26.5. The summed E-state index contributed by atoms with van der Waals surface area (Å²) in [5.41, 5.74) is 0.838. The van der Waals surface area contributed by atoms with Crippen molar-refractivity contribution < 1.29 is 13.5 Å². The molecule has 1 atom stereocenters. The van der Waals surface area contributed by atoms with Gasteiger partial charge in [-0.2, -0.15) is 0 Å². The van der Waals surface area contributed by atoms with Crippen LogP contribution in [0.3, 0.4) is 0 Å². The lowest BCUT2D eigenvalue weighted by Crippen LogP contribution is -2.15. The Bertz CT molecular complexity index is 1190. The fourth-order valence-corrected chi connectivity index (χ4v) is 3.56. The summed E-state index contributed by atoms with van der Waals surface area (Å²) in [6.07, 6.45) is 4.69. The van der Waals surface area contributed by atoms with Crippen LogP contribution < -0.4 is 5.63 Å². The van der Waals surface area contributed by atoms with Gasteiger partial charge in [0, 0.05) is 22.8 Å². The van der Waals surface area contributed by atoms with Gasteiger partial charge in [-0.3, -0.25) is 0 Å². The van der Waals surface area contributed by atoms with Crippen LogP contribution in [0.15, 0.2) is 70.4 Å². The van der Waals surface area contributed by atoms with Crippen molar-refractivity contribution in [1.29, 1.82) is 0 Å². The molecule has 0 aliphatic rings. The van der Waals surface area contributed by atoms with Crippen molar-refractivity contribution >= 4 is 34.2 Å². The lowest BCUT2D eigenvalue weighted by atomic mass is 10.1. The zero-order valence-corrected chi connectivity index (χ0v) is 16.5. The number of fused-ring (bicyclic) bond motifs is 1. The molecule has 0 spiro atoms. The van der Waals surface area contributed by atoms with E-state index in [-0.39, 0.29) is 23.0 Å². The van der Waals surface area contributed by atoms with Crippen LogP contribution in [0.25, 0.3) is 11.0 Å². The van der Waals surface area contributed by atoms with Gasteiger partial charge in [-0.15, -0.1) is 0 Å². The van der Waals surface area contributed by atoms with Gasteiger partial charge in [0.2, 0.25) is 0 Å². The Kier molecular flexibility index (Phi) is 5.67. The summed E-state index contributed by atoms with van der Waals surface area (Å²) >= 11 is 12.1. The first-order valence-corrected chi connectivity index (χ1v) is 9.50. The van der Waals surface area contributed by atoms with Crippen LogP contribution >= 0.6 is 23.2 Å². The second-order valence-corrected chi connectivity index (χ2v) is 7.32. The fourth-order valence-electron chi connectivity index (χ4n) is 3.01. The number of rotatable bonds is 6. The van der Waals surface area contributed by atoms with Gasteiger partial charge in [-0.1, -0.05) is 35.3 Å². The molecule has 0 fully saturated rings. The van der Waals surface area contributed by atoms with Gasteiger partial charge < -0.3 is 13.7 Å². The monoisotopic (exact) mass is 432 g/mol. The van der Waals surface area contributed by atoms with Crippen LogP contribution in [0.1, 0.15) is 17.2 Å². The lowest BCUT2D eigenvalue weighted by molar-refractivity contribution is 0.0267. The molecule has 0 aliphatic heterocycles. The Morgan fingerprint density at radius 3 is 2.69 bits per heavy atom. The van der Waals surface area contributed by atoms with E-state index in [0.717, 1.165) is 5.56 Å². The smallest absolute Gasteiger partial charge is 0.341 e.